The van der Waals surface area contributed by atoms with Crippen LogP contribution in [0.4, 0.5) is 0 Å². The number of para-hydroxylation sites is 1. The lowest BCUT2D eigenvalue weighted by molar-refractivity contribution is 0.207. The Labute approximate surface area is 163 Å². The first-order valence-corrected chi connectivity index (χ1v) is 9.65. The van der Waals surface area contributed by atoms with Crippen LogP contribution >= 0.6 is 0 Å². The summed E-state index contributed by atoms with van der Waals surface area (Å²) in [5.74, 6) is 2.40. The zero-order valence-corrected chi connectivity index (χ0v) is 17.3. The first kappa shape index (κ1) is 21.1. The lowest BCUT2D eigenvalue weighted by atomic mass is 9.85. The maximum atomic E-state index is 6.07. The highest BCUT2D eigenvalue weighted by molar-refractivity contribution is 5.47. The van der Waals surface area contributed by atoms with Gasteiger partial charge in [-0.3, -0.25) is 0 Å². The highest BCUT2D eigenvalue weighted by atomic mass is 16.5. The molecule has 0 bridgehead atoms. The Hall–Kier alpha value is -2.20. The number of hydrogen-bond donors (Lipinski definition) is 1. The summed E-state index contributed by atoms with van der Waals surface area (Å²) in [4.78, 5) is 0. The number of ether oxygens (including phenoxy) is 3. The van der Waals surface area contributed by atoms with Crippen LogP contribution < -0.4 is 19.9 Å². The quantitative estimate of drug-likeness (QED) is 0.659. The van der Waals surface area contributed by atoms with Crippen molar-refractivity contribution in [2.75, 3.05) is 26.9 Å². The fourth-order valence-electron chi connectivity index (χ4n) is 3.04. The van der Waals surface area contributed by atoms with Gasteiger partial charge in [-0.05, 0) is 53.6 Å². The van der Waals surface area contributed by atoms with Crippen molar-refractivity contribution in [2.24, 2.45) is 5.73 Å². The first-order valence-electron chi connectivity index (χ1n) is 9.65. The Bertz CT molecular complexity index is 735. The van der Waals surface area contributed by atoms with Gasteiger partial charge in [-0.15, -0.1) is 0 Å². The van der Waals surface area contributed by atoms with Crippen LogP contribution in [0.1, 0.15) is 44.4 Å². The molecule has 2 aromatic rings. The third kappa shape index (κ3) is 5.64. The van der Waals surface area contributed by atoms with E-state index in [1.54, 1.807) is 7.11 Å². The Morgan fingerprint density at radius 3 is 2.33 bits per heavy atom. The molecule has 4 heteroatoms. The predicted molar refractivity (Wildman–Crippen MR) is 111 cm³/mol. The SMILES string of the molecule is CCc1ccc(OCCOc2c(CCN)cccc2OC)c(C(C)(C)C)c1. The summed E-state index contributed by atoms with van der Waals surface area (Å²) in [5.41, 5.74) is 9.34. The molecule has 0 aliphatic heterocycles. The number of hydrogen-bond acceptors (Lipinski definition) is 4. The first-order chi connectivity index (χ1) is 12.9. The number of methoxy groups -OCH3 is 1. The van der Waals surface area contributed by atoms with Crippen LogP contribution in [-0.2, 0) is 18.3 Å². The van der Waals surface area contributed by atoms with Crippen LogP contribution in [-0.4, -0.2) is 26.9 Å². The van der Waals surface area contributed by atoms with Gasteiger partial charge in [0.2, 0.25) is 0 Å². The van der Waals surface area contributed by atoms with Gasteiger partial charge in [-0.1, -0.05) is 52.0 Å². The number of aryl methyl sites for hydroxylation is 1. The van der Waals surface area contributed by atoms with E-state index in [0.29, 0.717) is 19.8 Å². The maximum absolute atomic E-state index is 6.07. The molecule has 27 heavy (non-hydrogen) atoms. The molecule has 0 spiro atoms. The zero-order chi connectivity index (χ0) is 19.9. The monoisotopic (exact) mass is 371 g/mol. The minimum atomic E-state index is 0.0261. The molecule has 0 aromatic heterocycles. The van der Waals surface area contributed by atoms with Gasteiger partial charge in [0.05, 0.1) is 7.11 Å². The summed E-state index contributed by atoms with van der Waals surface area (Å²) in [6.07, 6.45) is 1.77. The Balaban J connectivity index is 2.06. The van der Waals surface area contributed by atoms with Crippen molar-refractivity contribution in [1.82, 2.24) is 0 Å². The van der Waals surface area contributed by atoms with Gasteiger partial charge in [-0.2, -0.15) is 0 Å². The van der Waals surface area contributed by atoms with Gasteiger partial charge < -0.3 is 19.9 Å². The van der Waals surface area contributed by atoms with E-state index in [-0.39, 0.29) is 5.41 Å². The molecule has 148 valence electrons. The third-order valence-corrected chi connectivity index (χ3v) is 4.54. The number of benzene rings is 2. The van der Waals surface area contributed by atoms with Gasteiger partial charge in [0, 0.05) is 0 Å². The molecule has 4 nitrogen and oxygen atoms in total. The largest absolute Gasteiger partial charge is 0.493 e. The zero-order valence-electron chi connectivity index (χ0n) is 17.3. The number of rotatable bonds is 9. The molecule has 0 aliphatic rings. The van der Waals surface area contributed by atoms with E-state index in [1.807, 2.05) is 18.2 Å². The summed E-state index contributed by atoms with van der Waals surface area (Å²) >= 11 is 0. The minimum absolute atomic E-state index is 0.0261. The highest BCUT2D eigenvalue weighted by Gasteiger charge is 2.19. The minimum Gasteiger partial charge on any atom is -0.493 e. The molecule has 0 unspecified atom stereocenters. The van der Waals surface area contributed by atoms with Crippen molar-refractivity contribution in [3.8, 4) is 17.2 Å². The van der Waals surface area contributed by atoms with Crippen LogP contribution in [0.25, 0.3) is 0 Å². The Kier molecular flexibility index (Phi) is 7.55. The molecule has 2 aromatic carbocycles. The van der Waals surface area contributed by atoms with Crippen molar-refractivity contribution in [2.45, 2.75) is 46.0 Å². The number of nitrogens with two attached hydrogens (primary N) is 1. The van der Waals surface area contributed by atoms with E-state index >= 15 is 0 Å². The molecular formula is C23H33NO3. The van der Waals surface area contributed by atoms with Crippen molar-refractivity contribution < 1.29 is 14.2 Å². The summed E-state index contributed by atoms with van der Waals surface area (Å²) in [6.45, 7) is 10.3. The fraction of sp³-hybridized carbons (Fsp3) is 0.478. The average Bonchev–Trinajstić information content (AvgIpc) is 2.65. The molecule has 2 rings (SSSR count). The Morgan fingerprint density at radius 2 is 1.70 bits per heavy atom. The third-order valence-electron chi connectivity index (χ3n) is 4.54. The van der Waals surface area contributed by atoms with E-state index in [0.717, 1.165) is 35.7 Å². The molecule has 0 amide bonds. The van der Waals surface area contributed by atoms with Crippen LogP contribution in [0.15, 0.2) is 36.4 Å². The van der Waals surface area contributed by atoms with Crippen LogP contribution in [0, 0.1) is 0 Å². The molecular weight excluding hydrogens is 338 g/mol. The van der Waals surface area contributed by atoms with Crippen LogP contribution in [0.5, 0.6) is 17.2 Å². The van der Waals surface area contributed by atoms with Crippen LogP contribution in [0.3, 0.4) is 0 Å². The Morgan fingerprint density at radius 1 is 0.963 bits per heavy atom. The summed E-state index contributed by atoms with van der Waals surface area (Å²) in [7, 11) is 1.65. The second-order valence-electron chi connectivity index (χ2n) is 7.62. The summed E-state index contributed by atoms with van der Waals surface area (Å²) in [6, 6.07) is 12.3. The van der Waals surface area contributed by atoms with E-state index in [9.17, 15) is 0 Å². The second-order valence-corrected chi connectivity index (χ2v) is 7.62. The van der Waals surface area contributed by atoms with Crippen molar-refractivity contribution >= 4 is 0 Å². The molecule has 0 saturated carbocycles. The van der Waals surface area contributed by atoms with E-state index < -0.39 is 0 Å². The lowest BCUT2D eigenvalue weighted by Gasteiger charge is -2.24. The topological polar surface area (TPSA) is 53.7 Å². The molecule has 0 atom stereocenters. The molecule has 0 saturated heterocycles. The van der Waals surface area contributed by atoms with Gasteiger partial charge in [0.15, 0.2) is 11.5 Å². The van der Waals surface area contributed by atoms with Crippen LogP contribution in [0.2, 0.25) is 0 Å². The normalized spacial score (nSPS) is 11.3. The van der Waals surface area contributed by atoms with Crippen molar-refractivity contribution in [1.29, 1.82) is 0 Å². The summed E-state index contributed by atoms with van der Waals surface area (Å²) in [5, 5.41) is 0. The molecule has 0 aliphatic carbocycles. The fourth-order valence-corrected chi connectivity index (χ4v) is 3.04. The molecule has 2 N–H and O–H groups in total. The van der Waals surface area contributed by atoms with Gasteiger partial charge in [-0.25, -0.2) is 0 Å². The lowest BCUT2D eigenvalue weighted by Crippen LogP contribution is -2.17. The molecule has 0 fully saturated rings. The van der Waals surface area contributed by atoms with Gasteiger partial charge >= 0.3 is 0 Å². The van der Waals surface area contributed by atoms with Crippen molar-refractivity contribution in [3.63, 3.8) is 0 Å². The standard InChI is InChI=1S/C23H33NO3/c1-6-17-10-11-20(19(16-17)23(2,3)4)26-14-15-27-22-18(12-13-24)8-7-9-21(22)25-5/h7-11,16H,6,12-15,24H2,1-5H3. The van der Waals surface area contributed by atoms with Gasteiger partial charge in [0.25, 0.3) is 0 Å². The van der Waals surface area contributed by atoms with E-state index in [2.05, 4.69) is 45.9 Å². The molecule has 0 radical (unpaired) electrons. The second kappa shape index (κ2) is 9.65. The maximum Gasteiger partial charge on any atom is 0.164 e. The van der Waals surface area contributed by atoms with Gasteiger partial charge in [0.1, 0.15) is 19.0 Å². The summed E-state index contributed by atoms with van der Waals surface area (Å²) < 4.78 is 17.5. The smallest absolute Gasteiger partial charge is 0.164 e. The van der Waals surface area contributed by atoms with Crippen molar-refractivity contribution in [3.05, 3.63) is 53.1 Å². The molecule has 0 heterocycles. The predicted octanol–water partition coefficient (Wildman–Crippen LogP) is 4.51. The van der Waals surface area contributed by atoms with E-state index in [1.165, 1.54) is 11.1 Å². The van der Waals surface area contributed by atoms with E-state index in [4.69, 9.17) is 19.9 Å². The average molecular weight is 372 g/mol. The highest BCUT2D eigenvalue weighted by Crippen LogP contribution is 2.33.